The second-order valence-electron chi connectivity index (χ2n) is 5.69. The fourth-order valence-electron chi connectivity index (χ4n) is 2.38. The van der Waals surface area contributed by atoms with Gasteiger partial charge in [-0.05, 0) is 19.1 Å². The Bertz CT molecular complexity index is 1170. The maximum atomic E-state index is 11.0. The van der Waals surface area contributed by atoms with Crippen molar-refractivity contribution in [2.75, 3.05) is 0 Å². The number of hydrogen-bond donors (Lipinski definition) is 2. The van der Waals surface area contributed by atoms with Crippen molar-refractivity contribution in [2.24, 2.45) is 5.10 Å². The van der Waals surface area contributed by atoms with E-state index in [1.165, 1.54) is 4.68 Å². The van der Waals surface area contributed by atoms with Gasteiger partial charge in [0, 0.05) is 11.6 Å². The van der Waals surface area contributed by atoms with Gasteiger partial charge in [-0.15, -0.1) is 0 Å². The highest BCUT2D eigenvalue weighted by Crippen LogP contribution is 2.33. The van der Waals surface area contributed by atoms with E-state index in [0.717, 1.165) is 17.8 Å². The minimum atomic E-state index is -0.916. The summed E-state index contributed by atoms with van der Waals surface area (Å²) in [5, 5.41) is 42.9. The number of phenolic OH excluding ortho intramolecular Hbond substituents is 1. The number of nitrogens with zero attached hydrogens (tertiary/aromatic N) is 5. The number of aryl methyl sites for hydroxylation is 1. The molecule has 1 heterocycles. The van der Waals surface area contributed by atoms with E-state index in [-0.39, 0.29) is 10.3 Å². The fourth-order valence-corrected chi connectivity index (χ4v) is 2.56. The van der Waals surface area contributed by atoms with Crippen LogP contribution < -0.4 is 0 Å². The van der Waals surface area contributed by atoms with Gasteiger partial charge >= 0.3 is 5.69 Å². The highest BCUT2D eigenvalue weighted by molar-refractivity contribution is 7.71. The van der Waals surface area contributed by atoms with Crippen molar-refractivity contribution in [1.29, 1.82) is 0 Å². The van der Waals surface area contributed by atoms with Crippen molar-refractivity contribution in [2.45, 2.75) is 6.92 Å². The van der Waals surface area contributed by atoms with Crippen LogP contribution in [-0.2, 0) is 0 Å². The lowest BCUT2D eigenvalue weighted by molar-refractivity contribution is -0.394. The summed E-state index contributed by atoms with van der Waals surface area (Å²) in [6.45, 7) is 1.93. The van der Waals surface area contributed by atoms with Gasteiger partial charge in [-0.25, -0.2) is 5.10 Å². The number of aromatic hydroxyl groups is 1. The van der Waals surface area contributed by atoms with Crippen LogP contribution in [0, 0.1) is 31.9 Å². The van der Waals surface area contributed by atoms with Crippen LogP contribution in [0.15, 0.2) is 41.5 Å². The lowest BCUT2D eigenvalue weighted by Gasteiger charge is -2.03. The van der Waals surface area contributed by atoms with Gasteiger partial charge in [-0.2, -0.15) is 14.9 Å². The van der Waals surface area contributed by atoms with Gasteiger partial charge in [0.1, 0.15) is 0 Å². The molecule has 2 aromatic carbocycles. The van der Waals surface area contributed by atoms with E-state index in [0.29, 0.717) is 17.5 Å². The molecule has 0 spiro atoms. The number of nitro benzene ring substituents is 2. The molecular weight excluding hydrogens is 388 g/mol. The van der Waals surface area contributed by atoms with Gasteiger partial charge in [0.2, 0.25) is 10.5 Å². The fraction of sp³-hybridized carbons (Fsp3) is 0.0625. The van der Waals surface area contributed by atoms with Crippen LogP contribution >= 0.6 is 12.2 Å². The Morgan fingerprint density at radius 3 is 2.50 bits per heavy atom. The first-order valence-corrected chi connectivity index (χ1v) is 8.13. The number of non-ortho nitro benzene ring substituents is 1. The normalized spacial score (nSPS) is 11.0. The van der Waals surface area contributed by atoms with Crippen LogP contribution in [0.2, 0.25) is 0 Å². The molecule has 0 atom stereocenters. The third-order valence-corrected chi connectivity index (χ3v) is 4.05. The molecule has 11 nitrogen and oxygen atoms in total. The van der Waals surface area contributed by atoms with Crippen LogP contribution in [0.1, 0.15) is 11.1 Å². The number of hydrogen-bond acceptors (Lipinski definition) is 8. The van der Waals surface area contributed by atoms with Crippen LogP contribution in [0.4, 0.5) is 11.4 Å². The molecule has 0 aliphatic heterocycles. The number of aromatic nitrogens is 3. The molecule has 0 amide bonds. The van der Waals surface area contributed by atoms with Gasteiger partial charge in [-0.3, -0.25) is 20.2 Å². The number of H-pyrrole nitrogens is 1. The average Bonchev–Trinajstić information content (AvgIpc) is 3.01. The van der Waals surface area contributed by atoms with E-state index < -0.39 is 27.0 Å². The topological polar surface area (TPSA) is 152 Å². The third-order valence-electron chi connectivity index (χ3n) is 3.78. The van der Waals surface area contributed by atoms with Gasteiger partial charge < -0.3 is 5.11 Å². The standard InChI is InChI=1S/C16H12N6O5S/c1-9-2-4-10(5-3-9)15-18-19-16(28)20(15)17-8-11-6-12(21(24)25)7-13(14(11)23)22(26)27/h2-8,23H,1H3,(H,19,28)/b17-8+. The zero-order chi connectivity index (χ0) is 20.4. The number of phenols is 1. The summed E-state index contributed by atoms with van der Waals surface area (Å²) in [6.07, 6.45) is 1.04. The van der Waals surface area contributed by atoms with Gasteiger partial charge in [-0.1, -0.05) is 29.8 Å². The number of rotatable bonds is 5. The Morgan fingerprint density at radius 1 is 1.21 bits per heavy atom. The van der Waals surface area contributed by atoms with Crippen LogP contribution in [0.5, 0.6) is 5.75 Å². The van der Waals surface area contributed by atoms with Crippen molar-refractivity contribution in [3.8, 4) is 17.1 Å². The van der Waals surface area contributed by atoms with Crippen LogP contribution in [0.25, 0.3) is 11.4 Å². The lowest BCUT2D eigenvalue weighted by Crippen LogP contribution is -1.99. The molecule has 0 fully saturated rings. The monoisotopic (exact) mass is 400 g/mol. The maximum Gasteiger partial charge on any atom is 0.318 e. The van der Waals surface area contributed by atoms with Crippen molar-refractivity contribution in [1.82, 2.24) is 14.9 Å². The minimum Gasteiger partial charge on any atom is -0.502 e. The first-order valence-electron chi connectivity index (χ1n) is 7.72. The first-order chi connectivity index (χ1) is 13.3. The molecule has 28 heavy (non-hydrogen) atoms. The Hall–Kier alpha value is -3.93. The smallest absolute Gasteiger partial charge is 0.318 e. The Kier molecular flexibility index (Phi) is 4.96. The van der Waals surface area contributed by atoms with E-state index in [9.17, 15) is 25.3 Å². The van der Waals surface area contributed by atoms with Crippen LogP contribution in [0.3, 0.4) is 0 Å². The van der Waals surface area contributed by atoms with E-state index in [1.807, 2.05) is 31.2 Å². The summed E-state index contributed by atoms with van der Waals surface area (Å²) in [4.78, 5) is 20.3. The highest BCUT2D eigenvalue weighted by atomic mass is 32.1. The second kappa shape index (κ2) is 7.36. The van der Waals surface area contributed by atoms with E-state index in [2.05, 4.69) is 15.3 Å². The number of aromatic amines is 1. The summed E-state index contributed by atoms with van der Waals surface area (Å²) in [5.41, 5.74) is 0.177. The summed E-state index contributed by atoms with van der Waals surface area (Å²) in [7, 11) is 0. The van der Waals surface area contributed by atoms with Gasteiger partial charge in [0.25, 0.3) is 5.69 Å². The van der Waals surface area contributed by atoms with Crippen molar-refractivity contribution in [3.05, 3.63) is 72.5 Å². The molecule has 0 aliphatic rings. The minimum absolute atomic E-state index is 0.131. The summed E-state index contributed by atoms with van der Waals surface area (Å²) >= 11 is 5.13. The highest BCUT2D eigenvalue weighted by Gasteiger charge is 2.23. The van der Waals surface area contributed by atoms with E-state index in [4.69, 9.17) is 12.2 Å². The molecule has 0 bridgehead atoms. The lowest BCUT2D eigenvalue weighted by atomic mass is 10.1. The number of nitro groups is 2. The van der Waals surface area contributed by atoms with Crippen molar-refractivity contribution < 1.29 is 15.0 Å². The third kappa shape index (κ3) is 3.61. The molecule has 12 heteroatoms. The molecule has 3 aromatic rings. The van der Waals surface area contributed by atoms with E-state index in [1.54, 1.807) is 0 Å². The molecule has 0 aliphatic carbocycles. The largest absolute Gasteiger partial charge is 0.502 e. The maximum absolute atomic E-state index is 11.0. The molecule has 2 N–H and O–H groups in total. The molecule has 142 valence electrons. The molecule has 0 saturated carbocycles. The van der Waals surface area contributed by atoms with E-state index >= 15 is 0 Å². The predicted molar refractivity (Wildman–Crippen MR) is 102 cm³/mol. The Balaban J connectivity index is 2.09. The molecule has 1 aromatic heterocycles. The van der Waals surface area contributed by atoms with Gasteiger partial charge in [0.15, 0.2) is 5.82 Å². The molecule has 0 saturated heterocycles. The average molecular weight is 400 g/mol. The second-order valence-corrected chi connectivity index (χ2v) is 6.08. The van der Waals surface area contributed by atoms with Gasteiger partial charge in [0.05, 0.1) is 27.7 Å². The van der Waals surface area contributed by atoms with Crippen molar-refractivity contribution in [3.63, 3.8) is 0 Å². The molecule has 0 radical (unpaired) electrons. The molecular formula is C16H12N6O5S. The zero-order valence-corrected chi connectivity index (χ0v) is 15.1. The molecule has 0 unspecified atom stereocenters. The van der Waals surface area contributed by atoms with Crippen LogP contribution in [-0.4, -0.2) is 36.0 Å². The SMILES string of the molecule is Cc1ccc(-c2n[nH]c(=S)n2/N=C/c2cc([N+](=O)[O-])cc([N+](=O)[O-])c2O)cc1. The number of nitrogens with one attached hydrogen (secondary N) is 1. The first kappa shape index (κ1) is 18.8. The summed E-state index contributed by atoms with van der Waals surface area (Å²) < 4.78 is 1.37. The Labute approximate surface area is 161 Å². The quantitative estimate of drug-likeness (QED) is 0.288. The summed E-state index contributed by atoms with van der Waals surface area (Å²) in [6, 6.07) is 9.01. The molecule has 3 rings (SSSR count). The predicted octanol–water partition coefficient (Wildman–Crippen LogP) is 3.32. The zero-order valence-electron chi connectivity index (χ0n) is 14.3. The Morgan fingerprint density at radius 2 is 1.89 bits per heavy atom. The number of benzene rings is 2. The van der Waals surface area contributed by atoms with Crippen molar-refractivity contribution >= 4 is 29.8 Å². The summed E-state index contributed by atoms with van der Waals surface area (Å²) in [5.74, 6) is -0.382.